The molecule has 5 heterocycles. The van der Waals surface area contributed by atoms with E-state index in [2.05, 4.69) is 19.7 Å². The molecule has 9 rings (SSSR count). The standard InChI is InChI=1S/C51H30F16N4O4/c52-41-40(42(53)44(55)45(43(41)54)75-21-47(58,59)49(62,63)51(66,67)50(64,65)48(60,61)46(56)57)39-34-16-14-32(70-34)37(23-5-2-8-26(73)19-23)30-12-10-28(68-30)36(22-4-1-7-25(72)18-22)29-11-13-31(69-29)38(33-15-17-35(39)71-33)24-6-3-9-27(74)20-24/h1-10,12,14-20,46,68,71-74H,11,13,21H2. The first-order valence-corrected chi connectivity index (χ1v) is 21.7. The Bertz CT molecular complexity index is 3620. The lowest BCUT2D eigenvalue weighted by Crippen LogP contribution is -2.69. The number of hydrogen-bond donors (Lipinski definition) is 5. The maximum absolute atomic E-state index is 16.7. The molecule has 8 nitrogen and oxygen atoms in total. The summed E-state index contributed by atoms with van der Waals surface area (Å²) >= 11 is 0. The molecule has 0 unspecified atom stereocenters. The van der Waals surface area contributed by atoms with Gasteiger partial charge in [-0.3, -0.25) is 4.98 Å². The molecule has 0 fully saturated rings. The van der Waals surface area contributed by atoms with Gasteiger partial charge in [0, 0.05) is 44.3 Å². The first-order chi connectivity index (χ1) is 35.2. The van der Waals surface area contributed by atoms with Crippen molar-refractivity contribution in [1.29, 1.82) is 0 Å². The van der Waals surface area contributed by atoms with E-state index < -0.39 is 94.0 Å². The summed E-state index contributed by atoms with van der Waals surface area (Å²) in [5.74, 6) is -52.1. The van der Waals surface area contributed by atoms with E-state index in [-0.39, 0.29) is 63.5 Å². The smallest absolute Gasteiger partial charge is 0.384 e. The predicted molar refractivity (Wildman–Crippen MR) is 240 cm³/mol. The molecule has 0 amide bonds. The van der Waals surface area contributed by atoms with Gasteiger partial charge < -0.3 is 30.0 Å². The van der Waals surface area contributed by atoms with Gasteiger partial charge in [-0.1, -0.05) is 36.4 Å². The Morgan fingerprint density at radius 1 is 0.480 bits per heavy atom. The van der Waals surface area contributed by atoms with Crippen LogP contribution in [0.25, 0.3) is 78.7 Å². The number of aryl methyl sites for hydroxylation is 2. The number of phenols is 3. The van der Waals surface area contributed by atoms with Gasteiger partial charge in [0.1, 0.15) is 17.2 Å². The summed E-state index contributed by atoms with van der Waals surface area (Å²) in [5, 5.41) is 31.8. The predicted octanol–water partition coefficient (Wildman–Crippen LogP) is 14.4. The summed E-state index contributed by atoms with van der Waals surface area (Å²) in [6.45, 7) is -3.60. The number of aromatic amines is 2. The van der Waals surface area contributed by atoms with Crippen molar-refractivity contribution in [2.24, 2.45) is 0 Å². The number of nitrogens with zero attached hydrogens (tertiary/aromatic N) is 2. The second-order valence-electron chi connectivity index (χ2n) is 17.0. The Labute approximate surface area is 409 Å². The molecular formula is C51H30F16N4O4. The van der Waals surface area contributed by atoms with Crippen LogP contribution in [0.5, 0.6) is 23.0 Å². The number of phenolic OH excluding ortho intramolecular Hbond substituents is 3. The lowest BCUT2D eigenvalue weighted by atomic mass is 9.94. The summed E-state index contributed by atoms with van der Waals surface area (Å²) in [6, 6.07) is 23.4. The topological polar surface area (TPSA) is 127 Å². The first-order valence-electron chi connectivity index (χ1n) is 21.7. The van der Waals surface area contributed by atoms with Gasteiger partial charge in [-0.15, -0.1) is 0 Å². The molecule has 75 heavy (non-hydrogen) atoms. The summed E-state index contributed by atoms with van der Waals surface area (Å²) in [5.41, 5.74) is 0.0346. The maximum Gasteiger partial charge on any atom is 0.384 e. The van der Waals surface area contributed by atoms with Gasteiger partial charge in [0.2, 0.25) is 11.6 Å². The van der Waals surface area contributed by atoms with Crippen molar-refractivity contribution in [2.45, 2.75) is 48.9 Å². The molecule has 8 bridgehead atoms. The number of alkyl halides is 12. The molecule has 0 radical (unpaired) electrons. The van der Waals surface area contributed by atoms with Crippen LogP contribution >= 0.6 is 0 Å². The molecule has 0 aliphatic carbocycles. The largest absolute Gasteiger partial charge is 0.508 e. The molecule has 0 saturated carbocycles. The van der Waals surface area contributed by atoms with E-state index in [0.717, 1.165) is 12.1 Å². The molecule has 0 atom stereocenters. The van der Waals surface area contributed by atoms with Crippen molar-refractivity contribution in [3.05, 3.63) is 143 Å². The number of ether oxygens (including phenoxy) is 1. The Morgan fingerprint density at radius 3 is 1.31 bits per heavy atom. The number of fused-ring (bicyclic) bond motifs is 8. The second-order valence-corrected chi connectivity index (χ2v) is 17.0. The summed E-state index contributed by atoms with van der Waals surface area (Å²) in [4.78, 5) is 15.8. The lowest BCUT2D eigenvalue weighted by Gasteiger charge is -2.39. The maximum atomic E-state index is 16.7. The molecule has 4 aromatic carbocycles. The van der Waals surface area contributed by atoms with Crippen LogP contribution in [0, 0.1) is 23.3 Å². The minimum absolute atomic E-state index is 0.0568. The van der Waals surface area contributed by atoms with Crippen LogP contribution in [0.15, 0.2) is 97.1 Å². The van der Waals surface area contributed by atoms with Gasteiger partial charge >= 0.3 is 36.0 Å². The number of aromatic hydroxyl groups is 3. The van der Waals surface area contributed by atoms with Crippen LogP contribution in [0.4, 0.5) is 70.2 Å². The summed E-state index contributed by atoms with van der Waals surface area (Å²) < 4.78 is 236. The van der Waals surface area contributed by atoms with Crippen LogP contribution < -0.4 is 4.74 Å². The Kier molecular flexibility index (Phi) is 12.6. The molecule has 2 aliphatic rings. The number of halogens is 16. The van der Waals surface area contributed by atoms with Gasteiger partial charge in [-0.05, 0) is 102 Å². The zero-order chi connectivity index (χ0) is 54.3. The van der Waals surface area contributed by atoms with E-state index in [4.69, 9.17) is 4.98 Å². The fraction of sp³-hybridized carbons (Fsp3) is 0.176. The van der Waals surface area contributed by atoms with E-state index in [1.54, 1.807) is 36.4 Å². The highest BCUT2D eigenvalue weighted by Gasteiger charge is 2.88. The number of benzene rings is 4. The molecular weight excluding hydrogens is 1040 g/mol. The minimum Gasteiger partial charge on any atom is -0.508 e. The Morgan fingerprint density at radius 2 is 0.880 bits per heavy atom. The van der Waals surface area contributed by atoms with Crippen molar-refractivity contribution >= 4 is 34.2 Å². The van der Waals surface area contributed by atoms with Crippen LogP contribution in [0.1, 0.15) is 22.8 Å². The summed E-state index contributed by atoms with van der Waals surface area (Å²) in [6.07, 6.45) is -2.99. The van der Waals surface area contributed by atoms with Gasteiger partial charge in [-0.2, -0.15) is 52.7 Å². The molecule has 0 saturated heterocycles. The molecule has 390 valence electrons. The van der Waals surface area contributed by atoms with Crippen LogP contribution in [0.2, 0.25) is 0 Å². The van der Waals surface area contributed by atoms with Gasteiger partial charge in [-0.25, -0.2) is 22.5 Å². The van der Waals surface area contributed by atoms with Crippen LogP contribution in [-0.4, -0.2) is 77.9 Å². The van der Waals surface area contributed by atoms with E-state index in [9.17, 15) is 68.0 Å². The average molecular weight is 1070 g/mol. The highest BCUT2D eigenvalue weighted by Crippen LogP contribution is 2.58. The minimum atomic E-state index is -8.05. The van der Waals surface area contributed by atoms with Crippen LogP contribution in [-0.2, 0) is 12.8 Å². The quantitative estimate of drug-likeness (QED) is 0.0613. The fourth-order valence-electron chi connectivity index (χ4n) is 8.65. The van der Waals surface area contributed by atoms with Crippen molar-refractivity contribution < 1.29 is 90.3 Å². The SMILES string of the molecule is Oc1cccc(-c2c3nc(c(-c4c(F)c(F)c(OCC(F)(F)C(F)(F)C(F)(F)C(F)(F)C(F)(F)C(F)F)c(F)c4F)c4ccc([nH]4)c(-c4cccc(O)c4)c4nc(c(-c5cccc(O)c5)c5ccc2[nH]5)CC4)C=C3)c1. The monoisotopic (exact) mass is 1070 g/mol. The highest BCUT2D eigenvalue weighted by atomic mass is 19.4. The molecule has 0 spiro atoms. The second kappa shape index (κ2) is 18.3. The van der Waals surface area contributed by atoms with Crippen molar-refractivity contribution in [2.75, 3.05) is 6.61 Å². The van der Waals surface area contributed by atoms with Crippen molar-refractivity contribution in [3.8, 4) is 67.5 Å². The number of nitrogens with one attached hydrogen (secondary N) is 2. The van der Waals surface area contributed by atoms with Gasteiger partial charge in [0.15, 0.2) is 24.0 Å². The fourth-order valence-corrected chi connectivity index (χ4v) is 8.65. The third-order valence-electron chi connectivity index (χ3n) is 12.3. The molecule has 5 N–H and O–H groups in total. The number of H-pyrrole nitrogens is 2. The number of rotatable bonds is 12. The normalized spacial score (nSPS) is 13.5. The Balaban J connectivity index is 1.31. The van der Waals surface area contributed by atoms with E-state index in [0.29, 0.717) is 33.6 Å². The van der Waals surface area contributed by atoms with Gasteiger partial charge in [0.05, 0.1) is 28.3 Å². The van der Waals surface area contributed by atoms with Crippen molar-refractivity contribution in [1.82, 2.24) is 19.9 Å². The van der Waals surface area contributed by atoms with Gasteiger partial charge in [0.25, 0.3) is 0 Å². The number of hydrogen-bond acceptors (Lipinski definition) is 6. The molecule has 2 aliphatic heterocycles. The molecule has 24 heteroatoms. The third kappa shape index (κ3) is 8.48. The summed E-state index contributed by atoms with van der Waals surface area (Å²) in [7, 11) is 0. The zero-order valence-corrected chi connectivity index (χ0v) is 37.3. The third-order valence-corrected chi connectivity index (χ3v) is 12.3. The average Bonchev–Trinajstić information content (AvgIpc) is 4.20. The van der Waals surface area contributed by atoms with Crippen molar-refractivity contribution in [3.63, 3.8) is 0 Å². The number of aromatic nitrogens is 4. The lowest BCUT2D eigenvalue weighted by molar-refractivity contribution is -0.414. The van der Waals surface area contributed by atoms with Crippen LogP contribution in [0.3, 0.4) is 0 Å². The first kappa shape index (κ1) is 51.7. The van der Waals surface area contributed by atoms with E-state index >= 15 is 17.6 Å². The molecule has 3 aromatic heterocycles. The molecule has 7 aromatic rings. The zero-order valence-electron chi connectivity index (χ0n) is 37.3. The van der Waals surface area contributed by atoms with E-state index in [1.807, 2.05) is 0 Å². The highest BCUT2D eigenvalue weighted by molar-refractivity contribution is 5.98. The Hall–Kier alpha value is -8.18. The van der Waals surface area contributed by atoms with E-state index in [1.165, 1.54) is 60.7 Å².